The smallest absolute Gasteiger partial charge is 0.243 e. The van der Waals surface area contributed by atoms with Crippen LogP contribution in [0.5, 0.6) is 11.5 Å². The fourth-order valence-electron chi connectivity index (χ4n) is 3.10. The van der Waals surface area contributed by atoms with Crippen molar-refractivity contribution in [3.8, 4) is 11.5 Å². The summed E-state index contributed by atoms with van der Waals surface area (Å²) in [4.78, 5) is 12.6. The van der Waals surface area contributed by atoms with Gasteiger partial charge < -0.3 is 14.8 Å². The van der Waals surface area contributed by atoms with Gasteiger partial charge in [-0.1, -0.05) is 30.3 Å². The van der Waals surface area contributed by atoms with Crippen LogP contribution in [0.3, 0.4) is 0 Å². The molecule has 31 heavy (non-hydrogen) atoms. The van der Waals surface area contributed by atoms with Crippen molar-refractivity contribution in [1.82, 2.24) is 4.31 Å². The number of fused-ring (bicyclic) bond motifs is 1. The van der Waals surface area contributed by atoms with Crippen molar-refractivity contribution in [1.29, 1.82) is 0 Å². The van der Waals surface area contributed by atoms with Crippen molar-refractivity contribution in [3.63, 3.8) is 0 Å². The Bertz CT molecular complexity index is 1180. The molecule has 0 saturated carbocycles. The standard InChI is InChI=1S/C22H19FN2O5S/c23-17-6-9-19(10-7-17)31(27,28)25(13-16-4-2-1-3-5-16)14-22(26)24-18-8-11-20-21(12-18)30-15-29-20/h1-12H,13-15H2,(H,24,26). The quantitative estimate of drug-likeness (QED) is 0.606. The van der Waals surface area contributed by atoms with Gasteiger partial charge in [0.1, 0.15) is 5.82 Å². The molecular weight excluding hydrogens is 423 g/mol. The van der Waals surface area contributed by atoms with E-state index in [9.17, 15) is 17.6 Å². The summed E-state index contributed by atoms with van der Waals surface area (Å²) in [6, 6.07) is 18.3. The van der Waals surface area contributed by atoms with E-state index in [0.29, 0.717) is 22.7 Å². The molecule has 0 radical (unpaired) electrons. The summed E-state index contributed by atoms with van der Waals surface area (Å²) in [6.07, 6.45) is 0. The lowest BCUT2D eigenvalue weighted by Gasteiger charge is -2.22. The van der Waals surface area contributed by atoms with Gasteiger partial charge in [0.2, 0.25) is 22.7 Å². The van der Waals surface area contributed by atoms with Gasteiger partial charge in [-0.25, -0.2) is 12.8 Å². The fraction of sp³-hybridized carbons (Fsp3) is 0.136. The monoisotopic (exact) mass is 442 g/mol. The Hall–Kier alpha value is -3.43. The van der Waals surface area contributed by atoms with Crippen LogP contribution in [-0.4, -0.2) is 32.0 Å². The molecule has 4 rings (SSSR count). The molecule has 0 unspecified atom stereocenters. The van der Waals surface area contributed by atoms with Crippen LogP contribution in [-0.2, 0) is 21.4 Å². The van der Waals surface area contributed by atoms with Gasteiger partial charge >= 0.3 is 0 Å². The summed E-state index contributed by atoms with van der Waals surface area (Å²) in [5.41, 5.74) is 1.16. The molecule has 0 spiro atoms. The lowest BCUT2D eigenvalue weighted by molar-refractivity contribution is -0.116. The van der Waals surface area contributed by atoms with E-state index in [1.165, 1.54) is 12.1 Å². The highest BCUT2D eigenvalue weighted by Crippen LogP contribution is 2.34. The topological polar surface area (TPSA) is 84.9 Å². The van der Waals surface area contributed by atoms with E-state index in [1.54, 1.807) is 42.5 Å². The van der Waals surface area contributed by atoms with Gasteiger partial charge in [-0.2, -0.15) is 4.31 Å². The summed E-state index contributed by atoms with van der Waals surface area (Å²) >= 11 is 0. The van der Waals surface area contributed by atoms with Crippen molar-refractivity contribution in [2.75, 3.05) is 18.7 Å². The number of benzene rings is 3. The lowest BCUT2D eigenvalue weighted by Crippen LogP contribution is -2.37. The third-order valence-electron chi connectivity index (χ3n) is 4.63. The first-order chi connectivity index (χ1) is 14.9. The fourth-order valence-corrected chi connectivity index (χ4v) is 4.49. The number of nitrogens with zero attached hydrogens (tertiary/aromatic N) is 1. The Morgan fingerprint density at radius 3 is 2.42 bits per heavy atom. The predicted molar refractivity (Wildman–Crippen MR) is 112 cm³/mol. The Morgan fingerprint density at radius 2 is 1.68 bits per heavy atom. The highest BCUT2D eigenvalue weighted by atomic mass is 32.2. The van der Waals surface area contributed by atoms with Gasteiger partial charge in [0.15, 0.2) is 11.5 Å². The molecule has 0 fully saturated rings. The Balaban J connectivity index is 1.56. The summed E-state index contributed by atoms with van der Waals surface area (Å²) in [7, 11) is -4.05. The predicted octanol–water partition coefficient (Wildman–Crippen LogP) is 3.38. The normalized spacial score (nSPS) is 12.7. The number of hydrogen-bond donors (Lipinski definition) is 1. The number of halogens is 1. The van der Waals surface area contributed by atoms with Crippen LogP contribution in [0.1, 0.15) is 5.56 Å². The number of carbonyl (C=O) groups excluding carboxylic acids is 1. The minimum atomic E-state index is -4.05. The highest BCUT2D eigenvalue weighted by molar-refractivity contribution is 7.89. The van der Waals surface area contributed by atoms with Crippen molar-refractivity contribution in [2.24, 2.45) is 0 Å². The number of hydrogen-bond acceptors (Lipinski definition) is 5. The van der Waals surface area contributed by atoms with Gasteiger partial charge in [-0.05, 0) is 42.0 Å². The second-order valence-electron chi connectivity index (χ2n) is 6.83. The van der Waals surface area contributed by atoms with Crippen molar-refractivity contribution in [3.05, 3.63) is 84.2 Å². The van der Waals surface area contributed by atoms with Gasteiger partial charge in [0.25, 0.3) is 0 Å². The molecule has 0 aromatic heterocycles. The molecule has 3 aromatic carbocycles. The van der Waals surface area contributed by atoms with Crippen LogP contribution in [0.2, 0.25) is 0 Å². The molecule has 0 aliphatic carbocycles. The van der Waals surface area contributed by atoms with Gasteiger partial charge in [0, 0.05) is 18.3 Å². The molecule has 3 aromatic rings. The number of ether oxygens (including phenoxy) is 2. The van der Waals surface area contributed by atoms with E-state index in [4.69, 9.17) is 9.47 Å². The van der Waals surface area contributed by atoms with Crippen LogP contribution in [0, 0.1) is 5.82 Å². The summed E-state index contributed by atoms with van der Waals surface area (Å²) in [6.45, 7) is -0.342. The van der Waals surface area contributed by atoms with E-state index in [-0.39, 0.29) is 18.2 Å². The van der Waals surface area contributed by atoms with E-state index >= 15 is 0 Å². The van der Waals surface area contributed by atoms with Crippen LogP contribution < -0.4 is 14.8 Å². The third kappa shape index (κ3) is 4.84. The van der Waals surface area contributed by atoms with Crippen molar-refractivity contribution >= 4 is 21.6 Å². The first-order valence-electron chi connectivity index (χ1n) is 9.41. The molecule has 9 heteroatoms. The zero-order valence-electron chi connectivity index (χ0n) is 16.3. The molecule has 1 aliphatic rings. The average molecular weight is 442 g/mol. The SMILES string of the molecule is O=C(CN(Cc1ccccc1)S(=O)(=O)c1ccc(F)cc1)Nc1ccc2c(c1)OCO2. The second-order valence-corrected chi connectivity index (χ2v) is 8.77. The van der Waals surface area contributed by atoms with Gasteiger partial charge in [0.05, 0.1) is 11.4 Å². The van der Waals surface area contributed by atoms with Crippen LogP contribution >= 0.6 is 0 Å². The number of rotatable bonds is 7. The summed E-state index contributed by atoms with van der Waals surface area (Å²) in [5.74, 6) is -0.00457. The minimum absolute atomic E-state index is 0.0187. The number of amides is 1. The maximum Gasteiger partial charge on any atom is 0.243 e. The summed E-state index contributed by atoms with van der Waals surface area (Å²) < 4.78 is 51.2. The van der Waals surface area contributed by atoms with Gasteiger partial charge in [-0.15, -0.1) is 0 Å². The number of sulfonamides is 1. The molecule has 7 nitrogen and oxygen atoms in total. The molecule has 0 saturated heterocycles. The molecule has 160 valence electrons. The van der Waals surface area contributed by atoms with Crippen LogP contribution in [0.15, 0.2) is 77.7 Å². The van der Waals surface area contributed by atoms with Crippen molar-refractivity contribution < 1.29 is 27.1 Å². The Labute approximate surface area is 179 Å². The van der Waals surface area contributed by atoms with E-state index in [0.717, 1.165) is 16.4 Å². The van der Waals surface area contributed by atoms with E-state index in [1.807, 2.05) is 6.07 Å². The first-order valence-corrected chi connectivity index (χ1v) is 10.8. The average Bonchev–Trinajstić information content (AvgIpc) is 3.22. The largest absolute Gasteiger partial charge is 0.454 e. The Kier molecular flexibility index (Phi) is 5.88. The maximum absolute atomic E-state index is 13.3. The molecule has 1 amide bonds. The molecular formula is C22H19FN2O5S. The number of nitrogens with one attached hydrogen (secondary N) is 1. The molecule has 1 aliphatic heterocycles. The number of carbonyl (C=O) groups is 1. The summed E-state index contributed by atoms with van der Waals surface area (Å²) in [5, 5.41) is 2.68. The Morgan fingerprint density at radius 1 is 0.968 bits per heavy atom. The van der Waals surface area contributed by atoms with Gasteiger partial charge in [-0.3, -0.25) is 4.79 Å². The van der Waals surface area contributed by atoms with E-state index < -0.39 is 28.3 Å². The maximum atomic E-state index is 13.3. The molecule has 0 atom stereocenters. The lowest BCUT2D eigenvalue weighted by atomic mass is 10.2. The minimum Gasteiger partial charge on any atom is -0.454 e. The third-order valence-corrected chi connectivity index (χ3v) is 6.44. The zero-order chi connectivity index (χ0) is 21.8. The molecule has 1 N–H and O–H groups in total. The van der Waals surface area contributed by atoms with Crippen molar-refractivity contribution in [2.45, 2.75) is 11.4 Å². The first kappa shape index (κ1) is 20.8. The van der Waals surface area contributed by atoms with E-state index in [2.05, 4.69) is 5.32 Å². The molecule has 0 bridgehead atoms. The molecule has 1 heterocycles. The highest BCUT2D eigenvalue weighted by Gasteiger charge is 2.27. The number of anilines is 1. The zero-order valence-corrected chi connectivity index (χ0v) is 17.1. The van der Waals surface area contributed by atoms with Crippen LogP contribution in [0.4, 0.5) is 10.1 Å². The second kappa shape index (κ2) is 8.75. The van der Waals surface area contributed by atoms with Crippen LogP contribution in [0.25, 0.3) is 0 Å².